The molecule has 2 N–H and O–H groups in total. The first-order chi connectivity index (χ1) is 12.6. The molecule has 2 aromatic rings. The number of nitrogens with one attached hydrogen (secondary N) is 1. The quantitative estimate of drug-likeness (QED) is 0.757. The highest BCUT2D eigenvalue weighted by atomic mass is 35.5. The number of para-hydroxylation sites is 1. The van der Waals surface area contributed by atoms with Crippen LogP contribution in [0.1, 0.15) is 31.0 Å². The van der Waals surface area contributed by atoms with Gasteiger partial charge < -0.3 is 15.2 Å². The number of halogens is 1. The zero-order valence-electron chi connectivity index (χ0n) is 16.2. The summed E-state index contributed by atoms with van der Waals surface area (Å²) < 4.78 is 6.21. The standard InChI is InChI=1S/C22H30N2O2.ClH/c1-22(2,17-25)21(24-14-12-23-13-15-24)19-10-6-7-11-20(19)26-16-18-8-4-3-5-9-18;/h3-11,21,23,25H,12-17H2,1-2H3;1H/t21-;/m1./s1. The minimum Gasteiger partial charge on any atom is -0.489 e. The van der Waals surface area contributed by atoms with E-state index in [1.165, 1.54) is 0 Å². The second-order valence-electron chi connectivity index (χ2n) is 7.65. The predicted octanol–water partition coefficient (Wildman–Crippen LogP) is 3.65. The van der Waals surface area contributed by atoms with Gasteiger partial charge in [0.1, 0.15) is 12.4 Å². The summed E-state index contributed by atoms with van der Waals surface area (Å²) in [7, 11) is 0. The average Bonchev–Trinajstić information content (AvgIpc) is 2.69. The molecular weight excluding hydrogens is 360 g/mol. The third-order valence-corrected chi connectivity index (χ3v) is 5.12. The van der Waals surface area contributed by atoms with Gasteiger partial charge in [0, 0.05) is 49.8 Å². The lowest BCUT2D eigenvalue weighted by atomic mass is 9.79. The Morgan fingerprint density at radius 3 is 2.33 bits per heavy atom. The van der Waals surface area contributed by atoms with E-state index in [0.717, 1.165) is 43.1 Å². The second kappa shape index (κ2) is 10.1. The number of hydrogen-bond donors (Lipinski definition) is 2. The van der Waals surface area contributed by atoms with Crippen molar-refractivity contribution in [3.63, 3.8) is 0 Å². The minimum absolute atomic E-state index is 0. The van der Waals surface area contributed by atoms with Gasteiger partial charge in [-0.3, -0.25) is 4.90 Å². The number of nitrogens with zero attached hydrogens (tertiary/aromatic N) is 1. The van der Waals surface area contributed by atoms with Crippen molar-refractivity contribution >= 4 is 12.4 Å². The summed E-state index contributed by atoms with van der Waals surface area (Å²) in [6.07, 6.45) is 0. The molecule has 2 aromatic carbocycles. The van der Waals surface area contributed by atoms with Crippen molar-refractivity contribution < 1.29 is 9.84 Å². The van der Waals surface area contributed by atoms with Crippen molar-refractivity contribution in [3.8, 4) is 5.75 Å². The largest absolute Gasteiger partial charge is 0.489 e. The number of hydrogen-bond acceptors (Lipinski definition) is 4. The molecule has 1 aliphatic rings. The molecule has 1 saturated heterocycles. The molecular formula is C22H31ClN2O2. The first kappa shape index (κ1) is 21.7. The van der Waals surface area contributed by atoms with E-state index in [1.54, 1.807) is 0 Å². The number of benzene rings is 2. The molecule has 1 atom stereocenters. The number of aliphatic hydroxyl groups is 1. The normalized spacial score (nSPS) is 16.4. The number of piperazine rings is 1. The molecule has 0 bridgehead atoms. The first-order valence-electron chi connectivity index (χ1n) is 9.43. The Morgan fingerprint density at radius 2 is 1.67 bits per heavy atom. The highest BCUT2D eigenvalue weighted by Gasteiger charge is 2.37. The van der Waals surface area contributed by atoms with E-state index in [0.29, 0.717) is 6.61 Å². The maximum Gasteiger partial charge on any atom is 0.124 e. The van der Waals surface area contributed by atoms with Crippen molar-refractivity contribution in [3.05, 3.63) is 65.7 Å². The van der Waals surface area contributed by atoms with Crippen molar-refractivity contribution in [2.45, 2.75) is 26.5 Å². The average molecular weight is 391 g/mol. The van der Waals surface area contributed by atoms with Gasteiger partial charge in [-0.2, -0.15) is 0 Å². The van der Waals surface area contributed by atoms with Gasteiger partial charge in [0.25, 0.3) is 0 Å². The van der Waals surface area contributed by atoms with Crippen molar-refractivity contribution in [1.29, 1.82) is 0 Å². The Bertz CT molecular complexity index is 688. The van der Waals surface area contributed by atoms with Crippen LogP contribution in [-0.4, -0.2) is 42.8 Å². The van der Waals surface area contributed by atoms with Crippen LogP contribution >= 0.6 is 12.4 Å². The SMILES string of the molecule is CC(C)(CO)[C@@H](c1ccccc1OCc1ccccc1)N1CCNCC1.Cl. The van der Waals surface area contributed by atoms with Gasteiger partial charge in [-0.05, 0) is 11.6 Å². The van der Waals surface area contributed by atoms with Crippen molar-refractivity contribution in [2.75, 3.05) is 32.8 Å². The van der Waals surface area contributed by atoms with Crippen LogP contribution in [0.25, 0.3) is 0 Å². The first-order valence-corrected chi connectivity index (χ1v) is 9.43. The van der Waals surface area contributed by atoms with Crippen LogP contribution in [-0.2, 0) is 6.61 Å². The summed E-state index contributed by atoms with van der Waals surface area (Å²) in [6.45, 7) is 8.85. The predicted molar refractivity (Wildman–Crippen MR) is 113 cm³/mol. The van der Waals surface area contributed by atoms with Gasteiger partial charge in [-0.15, -0.1) is 12.4 Å². The molecule has 0 radical (unpaired) electrons. The molecule has 4 nitrogen and oxygen atoms in total. The Kier molecular flexibility index (Phi) is 8.11. The maximum atomic E-state index is 10.1. The lowest BCUT2D eigenvalue weighted by Gasteiger charge is -2.44. The smallest absolute Gasteiger partial charge is 0.124 e. The topological polar surface area (TPSA) is 44.7 Å². The van der Waals surface area contributed by atoms with Gasteiger partial charge in [0.2, 0.25) is 0 Å². The summed E-state index contributed by atoms with van der Waals surface area (Å²) in [5, 5.41) is 13.5. The molecule has 3 rings (SSSR count). The molecule has 0 spiro atoms. The number of rotatable bonds is 7. The summed E-state index contributed by atoms with van der Waals surface area (Å²) in [5.41, 5.74) is 2.05. The van der Waals surface area contributed by atoms with Crippen molar-refractivity contribution in [2.24, 2.45) is 5.41 Å². The summed E-state index contributed by atoms with van der Waals surface area (Å²) in [4.78, 5) is 2.47. The van der Waals surface area contributed by atoms with Crippen molar-refractivity contribution in [1.82, 2.24) is 10.2 Å². The fourth-order valence-electron chi connectivity index (χ4n) is 3.71. The van der Waals surface area contributed by atoms with Crippen LogP contribution < -0.4 is 10.1 Å². The van der Waals surface area contributed by atoms with E-state index < -0.39 is 0 Å². The summed E-state index contributed by atoms with van der Waals surface area (Å²) in [6, 6.07) is 18.6. The van der Waals surface area contributed by atoms with E-state index in [-0.39, 0.29) is 30.5 Å². The van der Waals surface area contributed by atoms with Crippen LogP contribution in [0.15, 0.2) is 54.6 Å². The van der Waals surface area contributed by atoms with E-state index in [9.17, 15) is 5.11 Å². The zero-order chi connectivity index (χ0) is 18.4. The van der Waals surface area contributed by atoms with Crippen LogP contribution in [0.4, 0.5) is 0 Å². The van der Waals surface area contributed by atoms with Gasteiger partial charge in [-0.25, -0.2) is 0 Å². The van der Waals surface area contributed by atoms with Gasteiger partial charge >= 0.3 is 0 Å². The van der Waals surface area contributed by atoms with Crippen LogP contribution in [0, 0.1) is 5.41 Å². The lowest BCUT2D eigenvalue weighted by molar-refractivity contribution is 0.0288. The maximum absolute atomic E-state index is 10.1. The monoisotopic (exact) mass is 390 g/mol. The molecule has 0 unspecified atom stereocenters. The van der Waals surface area contributed by atoms with Crippen LogP contribution in [0.5, 0.6) is 5.75 Å². The van der Waals surface area contributed by atoms with Crippen LogP contribution in [0.3, 0.4) is 0 Å². The van der Waals surface area contributed by atoms with Gasteiger partial charge in [0.15, 0.2) is 0 Å². The molecule has 27 heavy (non-hydrogen) atoms. The molecule has 0 aromatic heterocycles. The highest BCUT2D eigenvalue weighted by molar-refractivity contribution is 5.85. The molecule has 1 fully saturated rings. The minimum atomic E-state index is -0.260. The molecule has 0 aliphatic carbocycles. The Balaban J connectivity index is 0.00000261. The summed E-state index contributed by atoms with van der Waals surface area (Å²) in [5.74, 6) is 0.904. The van der Waals surface area contributed by atoms with Gasteiger partial charge in [-0.1, -0.05) is 62.4 Å². The van der Waals surface area contributed by atoms with Crippen LogP contribution in [0.2, 0.25) is 0 Å². The molecule has 0 amide bonds. The molecule has 5 heteroatoms. The molecule has 1 aliphatic heterocycles. The van der Waals surface area contributed by atoms with Gasteiger partial charge in [0.05, 0.1) is 0 Å². The molecule has 0 saturated carbocycles. The summed E-state index contributed by atoms with van der Waals surface area (Å²) >= 11 is 0. The fourth-order valence-corrected chi connectivity index (χ4v) is 3.71. The Morgan fingerprint density at radius 1 is 1.04 bits per heavy atom. The third kappa shape index (κ3) is 5.45. The fraction of sp³-hybridized carbons (Fsp3) is 0.455. The van der Waals surface area contributed by atoms with E-state index in [2.05, 4.69) is 48.3 Å². The number of aliphatic hydroxyl groups excluding tert-OH is 1. The Labute approximate surface area is 169 Å². The molecule has 1 heterocycles. The Hall–Kier alpha value is -1.59. The molecule has 148 valence electrons. The van der Waals surface area contributed by atoms with E-state index >= 15 is 0 Å². The van der Waals surface area contributed by atoms with E-state index in [4.69, 9.17) is 4.74 Å². The zero-order valence-corrected chi connectivity index (χ0v) is 17.0. The lowest BCUT2D eigenvalue weighted by Crippen LogP contribution is -2.49. The third-order valence-electron chi connectivity index (χ3n) is 5.12. The second-order valence-corrected chi connectivity index (χ2v) is 7.65. The highest BCUT2D eigenvalue weighted by Crippen LogP contribution is 2.42. The number of ether oxygens (including phenoxy) is 1. The van der Waals surface area contributed by atoms with E-state index in [1.807, 2.05) is 30.3 Å².